The summed E-state index contributed by atoms with van der Waals surface area (Å²) in [5, 5.41) is 6.98. The molecule has 0 fully saturated rings. The lowest BCUT2D eigenvalue weighted by Gasteiger charge is -2.14. The van der Waals surface area contributed by atoms with Gasteiger partial charge in [-0.1, -0.05) is 29.8 Å². The number of rotatable bonds is 9. The van der Waals surface area contributed by atoms with Gasteiger partial charge in [-0.05, 0) is 25.1 Å². The topological polar surface area (TPSA) is 99.5 Å². The van der Waals surface area contributed by atoms with E-state index in [1.807, 2.05) is 19.1 Å². The third kappa shape index (κ3) is 5.43. The first-order valence-electron chi connectivity index (χ1n) is 9.65. The maximum absolute atomic E-state index is 12.5. The number of nitrogens with zero attached hydrogens (tertiary/aromatic N) is 2. The summed E-state index contributed by atoms with van der Waals surface area (Å²) in [6.07, 6.45) is 1.40. The minimum absolute atomic E-state index is 0.163. The smallest absolute Gasteiger partial charge is 0.226 e. The van der Waals surface area contributed by atoms with Crippen molar-refractivity contribution in [3.05, 3.63) is 65.9 Å². The Balaban J connectivity index is 1.66. The van der Waals surface area contributed by atoms with E-state index < -0.39 is 15.7 Å². The number of methoxy groups -OCH3 is 2. The molecule has 1 heterocycles. The second kappa shape index (κ2) is 9.65. The summed E-state index contributed by atoms with van der Waals surface area (Å²) in [4.78, 5) is 12.6. The highest BCUT2D eigenvalue weighted by Crippen LogP contribution is 2.31. The quantitative estimate of drug-likeness (QED) is 0.546. The molecule has 0 aliphatic heterocycles. The maximum Gasteiger partial charge on any atom is 0.226 e. The molecule has 0 atom stereocenters. The van der Waals surface area contributed by atoms with Crippen LogP contribution in [0.15, 0.2) is 59.6 Å². The number of amides is 1. The van der Waals surface area contributed by atoms with Crippen LogP contribution in [0.25, 0.3) is 0 Å². The Morgan fingerprint density at radius 3 is 2.48 bits per heavy atom. The van der Waals surface area contributed by atoms with Gasteiger partial charge in [0, 0.05) is 18.1 Å². The van der Waals surface area contributed by atoms with E-state index in [0.717, 1.165) is 11.1 Å². The predicted octanol–water partition coefficient (Wildman–Crippen LogP) is 3.06. The summed E-state index contributed by atoms with van der Waals surface area (Å²) in [7, 11) is -0.422. The van der Waals surface area contributed by atoms with E-state index in [1.54, 1.807) is 61.5 Å². The number of nitrogens with one attached hydrogen (secondary N) is 1. The lowest BCUT2D eigenvalue weighted by Crippen LogP contribution is -2.19. The van der Waals surface area contributed by atoms with Crippen molar-refractivity contribution in [2.45, 2.75) is 24.8 Å². The molecule has 2 aromatic carbocycles. The largest absolute Gasteiger partial charge is 0.493 e. The van der Waals surface area contributed by atoms with Crippen LogP contribution in [-0.4, -0.2) is 44.1 Å². The van der Waals surface area contributed by atoms with Gasteiger partial charge in [0.25, 0.3) is 0 Å². The van der Waals surface area contributed by atoms with Crippen molar-refractivity contribution in [1.29, 1.82) is 0 Å². The first-order chi connectivity index (χ1) is 14.8. The molecule has 3 rings (SSSR count). The molecule has 31 heavy (non-hydrogen) atoms. The summed E-state index contributed by atoms with van der Waals surface area (Å²) < 4.78 is 37.3. The molecule has 9 heteroatoms. The van der Waals surface area contributed by atoms with Crippen LogP contribution in [0.1, 0.15) is 17.5 Å². The second-order valence-corrected chi connectivity index (χ2v) is 9.07. The minimum atomic E-state index is -3.54. The van der Waals surface area contributed by atoms with Crippen LogP contribution in [-0.2, 0) is 21.2 Å². The highest BCUT2D eigenvalue weighted by molar-refractivity contribution is 7.91. The third-order valence-electron chi connectivity index (χ3n) is 4.77. The number of benzene rings is 2. The minimum Gasteiger partial charge on any atom is -0.493 e. The molecule has 0 radical (unpaired) electrons. The SMILES string of the molecule is COc1cccc(Cn2nccc2NC(=O)CCS(=O)(=O)c2ccc(C)cc2)c1OC. The highest BCUT2D eigenvalue weighted by atomic mass is 32.2. The molecular formula is C22H25N3O5S. The average Bonchev–Trinajstić information content (AvgIpc) is 3.18. The van der Waals surface area contributed by atoms with Gasteiger partial charge in [0.2, 0.25) is 5.91 Å². The normalized spacial score (nSPS) is 11.2. The molecule has 1 aromatic heterocycles. The van der Waals surface area contributed by atoms with E-state index in [0.29, 0.717) is 23.9 Å². The number of aromatic nitrogens is 2. The van der Waals surface area contributed by atoms with Crippen LogP contribution in [0.4, 0.5) is 5.82 Å². The summed E-state index contributed by atoms with van der Waals surface area (Å²) >= 11 is 0. The molecule has 0 spiro atoms. The van der Waals surface area contributed by atoms with Crippen LogP contribution < -0.4 is 14.8 Å². The molecule has 0 aliphatic carbocycles. The second-order valence-electron chi connectivity index (χ2n) is 6.96. The van der Waals surface area contributed by atoms with Crippen molar-refractivity contribution in [1.82, 2.24) is 9.78 Å². The summed E-state index contributed by atoms with van der Waals surface area (Å²) in [6, 6.07) is 13.7. The van der Waals surface area contributed by atoms with E-state index in [4.69, 9.17) is 9.47 Å². The number of anilines is 1. The molecule has 3 aromatic rings. The monoisotopic (exact) mass is 443 g/mol. The van der Waals surface area contributed by atoms with Crippen LogP contribution >= 0.6 is 0 Å². The molecule has 1 N–H and O–H groups in total. The Labute approximate surface area is 181 Å². The summed E-state index contributed by atoms with van der Waals surface area (Å²) in [5.74, 6) is 0.957. The number of hydrogen-bond acceptors (Lipinski definition) is 6. The zero-order valence-corrected chi connectivity index (χ0v) is 18.5. The van der Waals surface area contributed by atoms with Crippen LogP contribution in [0.3, 0.4) is 0 Å². The van der Waals surface area contributed by atoms with Crippen molar-refractivity contribution in [2.24, 2.45) is 0 Å². The number of sulfone groups is 1. The lowest BCUT2D eigenvalue weighted by molar-refractivity contribution is -0.115. The number of para-hydroxylation sites is 1. The van der Waals surface area contributed by atoms with E-state index in [9.17, 15) is 13.2 Å². The zero-order valence-electron chi connectivity index (χ0n) is 17.7. The Kier molecular flexibility index (Phi) is 6.96. The molecule has 1 amide bonds. The van der Waals surface area contributed by atoms with Gasteiger partial charge < -0.3 is 14.8 Å². The Morgan fingerprint density at radius 2 is 1.81 bits per heavy atom. The maximum atomic E-state index is 12.5. The highest BCUT2D eigenvalue weighted by Gasteiger charge is 2.18. The van der Waals surface area contributed by atoms with E-state index in [1.165, 1.54) is 0 Å². The fraction of sp³-hybridized carbons (Fsp3) is 0.273. The van der Waals surface area contributed by atoms with Crippen LogP contribution in [0.2, 0.25) is 0 Å². The molecule has 0 unspecified atom stereocenters. The Bertz CT molecular complexity index is 1150. The van der Waals surface area contributed by atoms with Crippen LogP contribution in [0.5, 0.6) is 11.5 Å². The molecule has 0 saturated heterocycles. The van der Waals surface area contributed by atoms with E-state index in [-0.39, 0.29) is 17.1 Å². The average molecular weight is 444 g/mol. The molecule has 0 bridgehead atoms. The van der Waals surface area contributed by atoms with E-state index >= 15 is 0 Å². The van der Waals surface area contributed by atoms with Crippen molar-refractivity contribution >= 4 is 21.6 Å². The van der Waals surface area contributed by atoms with Gasteiger partial charge >= 0.3 is 0 Å². The van der Waals surface area contributed by atoms with Crippen LogP contribution in [0, 0.1) is 6.92 Å². The van der Waals surface area contributed by atoms with Gasteiger partial charge in [-0.2, -0.15) is 5.10 Å². The summed E-state index contributed by atoms with van der Waals surface area (Å²) in [5.41, 5.74) is 1.79. The number of ether oxygens (including phenoxy) is 2. The molecule has 0 aliphatic rings. The molecular weight excluding hydrogens is 418 g/mol. The standard InChI is InChI=1S/C22H25N3O5S/c1-16-7-9-18(10-8-16)31(27,28)14-12-21(26)24-20-11-13-23-25(20)15-17-5-4-6-19(29-2)22(17)30-3/h4-11,13H,12,14-15H2,1-3H3,(H,24,26). The van der Waals surface area contributed by atoms with Crippen molar-refractivity contribution < 1.29 is 22.7 Å². The molecule has 164 valence electrons. The zero-order chi connectivity index (χ0) is 22.4. The first kappa shape index (κ1) is 22.4. The fourth-order valence-corrected chi connectivity index (χ4v) is 4.34. The number of aryl methyl sites for hydroxylation is 1. The third-order valence-corrected chi connectivity index (χ3v) is 6.50. The van der Waals surface area contributed by atoms with Gasteiger partial charge in [-0.3, -0.25) is 4.79 Å². The van der Waals surface area contributed by atoms with Crippen molar-refractivity contribution in [3.63, 3.8) is 0 Å². The van der Waals surface area contributed by atoms with Gasteiger partial charge in [0.15, 0.2) is 21.3 Å². The predicted molar refractivity (Wildman–Crippen MR) is 117 cm³/mol. The number of carbonyl (C=O) groups is 1. The molecule has 0 saturated carbocycles. The Morgan fingerprint density at radius 1 is 1.06 bits per heavy atom. The molecule has 8 nitrogen and oxygen atoms in total. The fourth-order valence-electron chi connectivity index (χ4n) is 3.10. The van der Waals surface area contributed by atoms with Crippen molar-refractivity contribution in [2.75, 3.05) is 25.3 Å². The number of hydrogen-bond donors (Lipinski definition) is 1. The van der Waals surface area contributed by atoms with Crippen molar-refractivity contribution in [3.8, 4) is 11.5 Å². The van der Waals surface area contributed by atoms with Gasteiger partial charge in [-0.15, -0.1) is 0 Å². The Hall–Kier alpha value is -3.33. The van der Waals surface area contributed by atoms with Gasteiger partial charge in [0.1, 0.15) is 5.82 Å². The number of carbonyl (C=O) groups excluding carboxylic acids is 1. The first-order valence-corrected chi connectivity index (χ1v) is 11.3. The van der Waals surface area contributed by atoms with E-state index in [2.05, 4.69) is 10.4 Å². The van der Waals surface area contributed by atoms with Gasteiger partial charge in [-0.25, -0.2) is 13.1 Å². The lowest BCUT2D eigenvalue weighted by atomic mass is 10.2. The summed E-state index contributed by atoms with van der Waals surface area (Å²) in [6.45, 7) is 2.22. The van der Waals surface area contributed by atoms with Gasteiger partial charge in [0.05, 0.1) is 37.6 Å².